The molecule has 0 amide bonds. The number of hydrogen-bond acceptors (Lipinski definition) is 5. The van der Waals surface area contributed by atoms with E-state index in [4.69, 9.17) is 19.9 Å². The van der Waals surface area contributed by atoms with Gasteiger partial charge in [0.15, 0.2) is 5.82 Å². The molecule has 0 aliphatic rings. The molecule has 0 unspecified atom stereocenters. The zero-order valence-corrected chi connectivity index (χ0v) is 24.7. The molecule has 5 nitrogen and oxygen atoms in total. The van der Waals surface area contributed by atoms with Gasteiger partial charge in [-0.15, -0.1) is 0 Å². The number of rotatable bonds is 4. The molecule has 214 valence electrons. The smallest absolute Gasteiger partial charge is 0.160 e. The van der Waals surface area contributed by atoms with E-state index in [1.165, 1.54) is 0 Å². The zero-order chi connectivity index (χ0) is 30.5. The van der Waals surface area contributed by atoms with Gasteiger partial charge in [-0.3, -0.25) is 9.97 Å². The molecule has 0 aliphatic carbocycles. The summed E-state index contributed by atoms with van der Waals surface area (Å²) < 4.78 is 0. The molecule has 9 rings (SSSR count). The Morgan fingerprint density at radius 3 is 1.89 bits per heavy atom. The molecule has 0 saturated carbocycles. The Bertz CT molecular complexity index is 2520. The first kappa shape index (κ1) is 26.1. The molecule has 0 spiro atoms. The summed E-state index contributed by atoms with van der Waals surface area (Å²) in [5, 5.41) is 5.33. The second-order valence-electron chi connectivity index (χ2n) is 11.3. The molecule has 5 aromatic carbocycles. The summed E-state index contributed by atoms with van der Waals surface area (Å²) in [6.45, 7) is 0. The van der Waals surface area contributed by atoms with Crippen molar-refractivity contribution in [3.8, 4) is 45.2 Å². The van der Waals surface area contributed by atoms with E-state index in [0.717, 1.165) is 82.8 Å². The molecule has 0 N–H and O–H groups in total. The summed E-state index contributed by atoms with van der Waals surface area (Å²) in [6.07, 6.45) is 3.78. The van der Waals surface area contributed by atoms with Crippen molar-refractivity contribution in [3.63, 3.8) is 0 Å². The maximum Gasteiger partial charge on any atom is 0.160 e. The van der Waals surface area contributed by atoms with Gasteiger partial charge in [0.1, 0.15) is 0 Å². The van der Waals surface area contributed by atoms with Crippen LogP contribution in [0.1, 0.15) is 0 Å². The Labute approximate surface area is 264 Å². The molecular formula is C41H25N5. The van der Waals surface area contributed by atoms with Crippen LogP contribution in [0.2, 0.25) is 0 Å². The normalized spacial score (nSPS) is 11.5. The second-order valence-corrected chi connectivity index (χ2v) is 11.3. The van der Waals surface area contributed by atoms with Crippen LogP contribution in [0.25, 0.3) is 88.6 Å². The van der Waals surface area contributed by atoms with E-state index in [9.17, 15) is 0 Å². The largest absolute Gasteiger partial charge is 0.254 e. The Hall–Kier alpha value is -6.33. The van der Waals surface area contributed by atoms with E-state index >= 15 is 0 Å². The van der Waals surface area contributed by atoms with Gasteiger partial charge < -0.3 is 0 Å². The quantitative estimate of drug-likeness (QED) is 0.192. The molecule has 4 heterocycles. The summed E-state index contributed by atoms with van der Waals surface area (Å²) in [5.74, 6) is 0.660. The van der Waals surface area contributed by atoms with Crippen LogP contribution >= 0.6 is 0 Å². The molecule has 0 atom stereocenters. The van der Waals surface area contributed by atoms with Gasteiger partial charge in [-0.05, 0) is 24.3 Å². The van der Waals surface area contributed by atoms with Crippen molar-refractivity contribution in [1.29, 1.82) is 0 Å². The van der Waals surface area contributed by atoms with Crippen LogP contribution in [0.5, 0.6) is 0 Å². The highest BCUT2D eigenvalue weighted by molar-refractivity contribution is 6.24. The Balaban J connectivity index is 1.27. The van der Waals surface area contributed by atoms with Crippen molar-refractivity contribution in [2.75, 3.05) is 0 Å². The maximum atomic E-state index is 5.21. The first-order valence-electron chi connectivity index (χ1n) is 15.3. The van der Waals surface area contributed by atoms with Crippen molar-refractivity contribution >= 4 is 43.5 Å². The van der Waals surface area contributed by atoms with Crippen molar-refractivity contribution in [2.24, 2.45) is 0 Å². The zero-order valence-electron chi connectivity index (χ0n) is 24.7. The summed E-state index contributed by atoms with van der Waals surface area (Å²) in [4.78, 5) is 25.0. The highest BCUT2D eigenvalue weighted by Gasteiger charge is 2.17. The average Bonchev–Trinajstić information content (AvgIpc) is 3.14. The minimum absolute atomic E-state index is 0.660. The van der Waals surface area contributed by atoms with E-state index in [1.54, 1.807) is 0 Å². The van der Waals surface area contributed by atoms with E-state index in [-0.39, 0.29) is 0 Å². The highest BCUT2D eigenvalue weighted by Crippen LogP contribution is 2.38. The first-order chi connectivity index (χ1) is 22.8. The molecule has 5 heteroatoms. The lowest BCUT2D eigenvalue weighted by atomic mass is 9.96. The van der Waals surface area contributed by atoms with Crippen LogP contribution in [0, 0.1) is 0 Å². The van der Waals surface area contributed by atoms with Crippen LogP contribution in [0.3, 0.4) is 0 Å². The van der Waals surface area contributed by atoms with Crippen LogP contribution < -0.4 is 0 Å². The molecule has 46 heavy (non-hydrogen) atoms. The second kappa shape index (κ2) is 10.7. The minimum Gasteiger partial charge on any atom is -0.254 e. The van der Waals surface area contributed by atoms with Gasteiger partial charge in [0.05, 0.1) is 33.6 Å². The molecular weight excluding hydrogens is 562 g/mol. The third-order valence-electron chi connectivity index (χ3n) is 8.53. The number of para-hydroxylation sites is 1. The Kier molecular flexibility index (Phi) is 6.06. The van der Waals surface area contributed by atoms with Gasteiger partial charge in [0, 0.05) is 61.6 Å². The molecule has 0 fully saturated rings. The number of pyridine rings is 3. The fourth-order valence-corrected chi connectivity index (χ4v) is 6.35. The Morgan fingerprint density at radius 2 is 1.11 bits per heavy atom. The Morgan fingerprint density at radius 1 is 0.413 bits per heavy atom. The van der Waals surface area contributed by atoms with Gasteiger partial charge in [0.25, 0.3) is 0 Å². The van der Waals surface area contributed by atoms with Gasteiger partial charge in [-0.1, -0.05) is 115 Å². The van der Waals surface area contributed by atoms with Crippen LogP contribution in [-0.2, 0) is 0 Å². The fraction of sp³-hybridized carbons (Fsp3) is 0. The standard InChI is InChI=1S/C41H25N5/c1-3-11-26(12-4-1)35-24-36(27-13-5-2-6-14-27)46-41(45-35)30-16-9-15-29(23-30)38-33-25-43-40-32(21-20-28-17-10-22-42-39(28)40)37(33)31-18-7-8-19-34(31)44-38/h1-25H. The van der Waals surface area contributed by atoms with E-state index in [0.29, 0.717) is 5.82 Å². The maximum absolute atomic E-state index is 5.21. The van der Waals surface area contributed by atoms with Gasteiger partial charge in [0.2, 0.25) is 0 Å². The number of hydrogen-bond donors (Lipinski definition) is 0. The lowest BCUT2D eigenvalue weighted by molar-refractivity contribution is 1.18. The van der Waals surface area contributed by atoms with E-state index < -0.39 is 0 Å². The lowest BCUT2D eigenvalue weighted by Crippen LogP contribution is -1.97. The van der Waals surface area contributed by atoms with E-state index in [2.05, 4.69) is 96.0 Å². The van der Waals surface area contributed by atoms with Crippen LogP contribution in [0.15, 0.2) is 152 Å². The van der Waals surface area contributed by atoms with Gasteiger partial charge in [-0.2, -0.15) is 0 Å². The molecule has 4 aromatic heterocycles. The molecule has 9 aromatic rings. The highest BCUT2D eigenvalue weighted by atomic mass is 14.9. The topological polar surface area (TPSA) is 64.5 Å². The van der Waals surface area contributed by atoms with Crippen molar-refractivity contribution < 1.29 is 0 Å². The third-order valence-corrected chi connectivity index (χ3v) is 8.53. The van der Waals surface area contributed by atoms with Crippen LogP contribution in [-0.4, -0.2) is 24.9 Å². The minimum atomic E-state index is 0.660. The first-order valence-corrected chi connectivity index (χ1v) is 15.3. The monoisotopic (exact) mass is 587 g/mol. The average molecular weight is 588 g/mol. The number of nitrogens with zero attached hydrogens (tertiary/aromatic N) is 5. The number of fused-ring (bicyclic) bond motifs is 7. The fourth-order valence-electron chi connectivity index (χ4n) is 6.35. The van der Waals surface area contributed by atoms with Crippen molar-refractivity contribution in [3.05, 3.63) is 152 Å². The number of aromatic nitrogens is 5. The van der Waals surface area contributed by atoms with Crippen molar-refractivity contribution in [1.82, 2.24) is 24.9 Å². The summed E-state index contributed by atoms with van der Waals surface area (Å²) >= 11 is 0. The summed E-state index contributed by atoms with van der Waals surface area (Å²) in [5.41, 5.74) is 9.32. The van der Waals surface area contributed by atoms with Crippen LogP contribution in [0.4, 0.5) is 0 Å². The van der Waals surface area contributed by atoms with Gasteiger partial charge >= 0.3 is 0 Å². The molecule has 0 bridgehead atoms. The molecule has 0 radical (unpaired) electrons. The predicted molar refractivity (Wildman–Crippen MR) is 187 cm³/mol. The summed E-state index contributed by atoms with van der Waals surface area (Å²) in [7, 11) is 0. The SMILES string of the molecule is c1ccc(-c2cc(-c3ccccc3)nc(-c3cccc(-c4nc5ccccc5c5c4cnc4c5ccc5cccnc54)c3)n2)cc1. The summed E-state index contributed by atoms with van der Waals surface area (Å²) in [6, 6.07) is 47.6. The van der Waals surface area contributed by atoms with E-state index in [1.807, 2.05) is 60.9 Å². The van der Waals surface area contributed by atoms with Gasteiger partial charge in [-0.25, -0.2) is 15.0 Å². The molecule has 0 aliphatic heterocycles. The van der Waals surface area contributed by atoms with Crippen molar-refractivity contribution in [2.45, 2.75) is 0 Å². The predicted octanol–water partition coefficient (Wildman–Crippen LogP) is 9.94. The molecule has 0 saturated heterocycles. The number of benzene rings is 5. The lowest BCUT2D eigenvalue weighted by Gasteiger charge is -2.14. The third kappa shape index (κ3) is 4.37.